The summed E-state index contributed by atoms with van der Waals surface area (Å²) in [5, 5.41) is 3.57. The summed E-state index contributed by atoms with van der Waals surface area (Å²) < 4.78 is 10.9. The van der Waals surface area contributed by atoms with Crippen molar-refractivity contribution in [1.82, 2.24) is 5.32 Å². The van der Waals surface area contributed by atoms with E-state index in [1.165, 1.54) is 57.9 Å². The molecule has 3 nitrogen and oxygen atoms in total. The van der Waals surface area contributed by atoms with Crippen LogP contribution in [0.5, 0.6) is 0 Å². The largest absolute Gasteiger partial charge is 0.383 e. The van der Waals surface area contributed by atoms with Gasteiger partial charge in [0.2, 0.25) is 0 Å². The van der Waals surface area contributed by atoms with Crippen molar-refractivity contribution in [3.63, 3.8) is 0 Å². The quantitative estimate of drug-likeness (QED) is 0.653. The predicted molar refractivity (Wildman–Crippen MR) is 78.4 cm³/mol. The van der Waals surface area contributed by atoms with Gasteiger partial charge >= 0.3 is 0 Å². The van der Waals surface area contributed by atoms with Crippen LogP contribution in [0.4, 0.5) is 0 Å². The summed E-state index contributed by atoms with van der Waals surface area (Å²) in [5.74, 6) is 1.81. The topological polar surface area (TPSA) is 30.5 Å². The van der Waals surface area contributed by atoms with E-state index in [1.807, 2.05) is 0 Å². The molecule has 1 aliphatic carbocycles. The summed E-state index contributed by atoms with van der Waals surface area (Å²) in [5.41, 5.74) is 0. The van der Waals surface area contributed by atoms with Crippen LogP contribution in [0.25, 0.3) is 0 Å². The maximum absolute atomic E-state index is 5.77. The molecular formula is C16H31NO2. The Morgan fingerprint density at radius 2 is 2.05 bits per heavy atom. The average molecular weight is 269 g/mol. The maximum Gasteiger partial charge on any atom is 0.0587 e. The van der Waals surface area contributed by atoms with Crippen LogP contribution in [-0.4, -0.2) is 39.5 Å². The number of hydrogen-bond acceptors (Lipinski definition) is 3. The second-order valence-electron chi connectivity index (χ2n) is 6.21. The molecule has 0 bridgehead atoms. The van der Waals surface area contributed by atoms with E-state index in [0.29, 0.717) is 6.10 Å². The van der Waals surface area contributed by atoms with Crippen LogP contribution >= 0.6 is 0 Å². The highest BCUT2D eigenvalue weighted by atomic mass is 16.5. The smallest absolute Gasteiger partial charge is 0.0587 e. The van der Waals surface area contributed by atoms with Crippen LogP contribution in [0.3, 0.4) is 0 Å². The van der Waals surface area contributed by atoms with Gasteiger partial charge in [0.15, 0.2) is 0 Å². The highest BCUT2D eigenvalue weighted by Gasteiger charge is 2.26. The molecule has 112 valence electrons. The molecule has 0 aromatic rings. The molecule has 0 spiro atoms. The van der Waals surface area contributed by atoms with E-state index in [1.54, 1.807) is 7.11 Å². The first-order valence-corrected chi connectivity index (χ1v) is 8.21. The highest BCUT2D eigenvalue weighted by molar-refractivity contribution is 4.79. The van der Waals surface area contributed by atoms with Gasteiger partial charge in [-0.25, -0.2) is 0 Å². The third-order valence-electron chi connectivity index (χ3n) is 4.84. The highest BCUT2D eigenvalue weighted by Crippen LogP contribution is 2.34. The van der Waals surface area contributed by atoms with E-state index >= 15 is 0 Å². The standard InChI is InChI=1S/C16H31NO2/c1-18-12-10-17-13-15(14-5-2-3-6-14)8-9-16-7-4-11-19-16/h14-17H,2-13H2,1H3. The Hall–Kier alpha value is -0.120. The van der Waals surface area contributed by atoms with E-state index in [4.69, 9.17) is 9.47 Å². The zero-order chi connectivity index (χ0) is 13.3. The second-order valence-corrected chi connectivity index (χ2v) is 6.21. The first-order chi connectivity index (χ1) is 9.40. The van der Waals surface area contributed by atoms with Gasteiger partial charge in [0.1, 0.15) is 0 Å². The minimum Gasteiger partial charge on any atom is -0.383 e. The fourth-order valence-corrected chi connectivity index (χ4v) is 3.67. The lowest BCUT2D eigenvalue weighted by Crippen LogP contribution is -2.30. The van der Waals surface area contributed by atoms with E-state index in [2.05, 4.69) is 5.32 Å². The lowest BCUT2D eigenvalue weighted by atomic mass is 9.86. The Kier molecular flexibility index (Phi) is 7.18. The molecule has 1 saturated heterocycles. The van der Waals surface area contributed by atoms with Gasteiger partial charge in [0, 0.05) is 20.3 Å². The Morgan fingerprint density at radius 1 is 1.21 bits per heavy atom. The first kappa shape index (κ1) is 15.3. The molecule has 2 fully saturated rings. The zero-order valence-electron chi connectivity index (χ0n) is 12.5. The first-order valence-electron chi connectivity index (χ1n) is 8.21. The van der Waals surface area contributed by atoms with E-state index in [0.717, 1.165) is 31.6 Å². The van der Waals surface area contributed by atoms with Gasteiger partial charge in [-0.1, -0.05) is 25.7 Å². The van der Waals surface area contributed by atoms with E-state index < -0.39 is 0 Å². The van der Waals surface area contributed by atoms with Gasteiger partial charge in [-0.3, -0.25) is 0 Å². The molecular weight excluding hydrogens is 238 g/mol. The Morgan fingerprint density at radius 3 is 2.74 bits per heavy atom. The summed E-state index contributed by atoms with van der Waals surface area (Å²) >= 11 is 0. The van der Waals surface area contributed by atoms with Crippen molar-refractivity contribution in [2.24, 2.45) is 11.8 Å². The molecule has 0 aromatic carbocycles. The SMILES string of the molecule is COCCNCC(CCC1CCCO1)C1CCCC1. The van der Waals surface area contributed by atoms with Crippen molar-refractivity contribution in [1.29, 1.82) is 0 Å². The minimum absolute atomic E-state index is 0.558. The number of methoxy groups -OCH3 is 1. The zero-order valence-corrected chi connectivity index (χ0v) is 12.5. The Labute approximate surface area is 118 Å². The van der Waals surface area contributed by atoms with Gasteiger partial charge in [0.05, 0.1) is 12.7 Å². The van der Waals surface area contributed by atoms with Crippen molar-refractivity contribution >= 4 is 0 Å². The molecule has 19 heavy (non-hydrogen) atoms. The normalized spacial score (nSPS) is 26.1. The molecule has 2 atom stereocenters. The minimum atomic E-state index is 0.558. The molecule has 2 unspecified atom stereocenters. The van der Waals surface area contributed by atoms with Crippen molar-refractivity contribution in [2.75, 3.05) is 33.4 Å². The van der Waals surface area contributed by atoms with Crippen LogP contribution in [0.15, 0.2) is 0 Å². The van der Waals surface area contributed by atoms with Crippen molar-refractivity contribution < 1.29 is 9.47 Å². The Balaban J connectivity index is 1.69. The molecule has 1 aliphatic heterocycles. The summed E-state index contributed by atoms with van der Waals surface area (Å²) in [7, 11) is 1.77. The summed E-state index contributed by atoms with van der Waals surface area (Å²) in [6, 6.07) is 0. The monoisotopic (exact) mass is 269 g/mol. The number of nitrogens with one attached hydrogen (secondary N) is 1. The molecule has 0 aromatic heterocycles. The maximum atomic E-state index is 5.77. The second kappa shape index (κ2) is 8.93. The van der Waals surface area contributed by atoms with E-state index in [9.17, 15) is 0 Å². The Bertz CT molecular complexity index is 223. The van der Waals surface area contributed by atoms with Crippen LogP contribution in [0, 0.1) is 11.8 Å². The van der Waals surface area contributed by atoms with Crippen LogP contribution in [-0.2, 0) is 9.47 Å². The number of hydrogen-bond donors (Lipinski definition) is 1. The van der Waals surface area contributed by atoms with Crippen molar-refractivity contribution in [3.8, 4) is 0 Å². The molecule has 2 aliphatic rings. The average Bonchev–Trinajstić information content (AvgIpc) is 3.11. The third-order valence-corrected chi connectivity index (χ3v) is 4.84. The number of ether oxygens (including phenoxy) is 2. The number of rotatable bonds is 9. The van der Waals surface area contributed by atoms with Crippen molar-refractivity contribution in [2.45, 2.75) is 57.5 Å². The van der Waals surface area contributed by atoms with Gasteiger partial charge in [0.25, 0.3) is 0 Å². The molecule has 1 N–H and O–H groups in total. The summed E-state index contributed by atoms with van der Waals surface area (Å²) in [6.07, 6.45) is 11.5. The molecule has 0 radical (unpaired) electrons. The van der Waals surface area contributed by atoms with Crippen LogP contribution in [0.2, 0.25) is 0 Å². The van der Waals surface area contributed by atoms with Crippen LogP contribution in [0.1, 0.15) is 51.4 Å². The lowest BCUT2D eigenvalue weighted by Gasteiger charge is -2.25. The van der Waals surface area contributed by atoms with Gasteiger partial charge in [-0.2, -0.15) is 0 Å². The third kappa shape index (κ3) is 5.41. The van der Waals surface area contributed by atoms with Gasteiger partial charge < -0.3 is 14.8 Å². The predicted octanol–water partition coefficient (Wildman–Crippen LogP) is 2.99. The molecule has 2 rings (SSSR count). The van der Waals surface area contributed by atoms with E-state index in [-0.39, 0.29) is 0 Å². The molecule has 3 heteroatoms. The van der Waals surface area contributed by atoms with Crippen LogP contribution < -0.4 is 5.32 Å². The van der Waals surface area contributed by atoms with Gasteiger partial charge in [-0.15, -0.1) is 0 Å². The summed E-state index contributed by atoms with van der Waals surface area (Å²) in [6.45, 7) is 3.97. The summed E-state index contributed by atoms with van der Waals surface area (Å²) in [4.78, 5) is 0. The fraction of sp³-hybridized carbons (Fsp3) is 1.00. The molecule has 1 heterocycles. The fourth-order valence-electron chi connectivity index (χ4n) is 3.67. The van der Waals surface area contributed by atoms with Gasteiger partial charge in [-0.05, 0) is 44.1 Å². The molecule has 0 amide bonds. The van der Waals surface area contributed by atoms with Crippen molar-refractivity contribution in [3.05, 3.63) is 0 Å². The molecule has 1 saturated carbocycles. The lowest BCUT2D eigenvalue weighted by molar-refractivity contribution is 0.0941.